The first kappa shape index (κ1) is 10.6. The van der Waals surface area contributed by atoms with Crippen molar-refractivity contribution in [1.29, 1.82) is 0 Å². The summed E-state index contributed by atoms with van der Waals surface area (Å²) < 4.78 is 28.2. The molecule has 16 heavy (non-hydrogen) atoms. The van der Waals surface area contributed by atoms with Crippen molar-refractivity contribution in [2.45, 2.75) is 6.92 Å². The highest BCUT2D eigenvalue weighted by Crippen LogP contribution is 2.31. The molecule has 1 heterocycles. The van der Waals surface area contributed by atoms with Crippen LogP contribution in [-0.4, -0.2) is 9.78 Å². The van der Waals surface area contributed by atoms with E-state index in [0.717, 1.165) is 18.2 Å². The molecule has 0 aliphatic rings. The molecule has 0 saturated heterocycles. The summed E-state index contributed by atoms with van der Waals surface area (Å²) in [4.78, 5) is 0. The summed E-state index contributed by atoms with van der Waals surface area (Å²) in [5, 5.41) is 3.96. The van der Waals surface area contributed by atoms with Crippen molar-refractivity contribution in [3.05, 3.63) is 35.5 Å². The van der Waals surface area contributed by atoms with Crippen LogP contribution in [0.3, 0.4) is 0 Å². The average Bonchev–Trinajstić information content (AvgIpc) is 2.46. The number of benzene rings is 1. The zero-order valence-electron chi connectivity index (χ0n) is 8.96. The van der Waals surface area contributed by atoms with Crippen molar-refractivity contribution in [1.82, 2.24) is 9.78 Å². The van der Waals surface area contributed by atoms with Gasteiger partial charge in [0, 0.05) is 23.9 Å². The largest absolute Gasteiger partial charge is 0.382 e. The van der Waals surface area contributed by atoms with Crippen LogP contribution in [0.15, 0.2) is 18.2 Å². The normalized spacial score (nSPS) is 10.8. The van der Waals surface area contributed by atoms with E-state index in [-0.39, 0.29) is 11.4 Å². The van der Waals surface area contributed by atoms with E-state index in [2.05, 4.69) is 5.10 Å². The minimum absolute atomic E-state index is 0.142. The van der Waals surface area contributed by atoms with Crippen molar-refractivity contribution in [3.8, 4) is 11.1 Å². The summed E-state index contributed by atoms with van der Waals surface area (Å²) in [6.07, 6.45) is 0. The summed E-state index contributed by atoms with van der Waals surface area (Å²) in [7, 11) is 1.70. The molecular weight excluding hydrogens is 212 g/mol. The number of halogens is 2. The van der Waals surface area contributed by atoms with Crippen LogP contribution in [-0.2, 0) is 7.05 Å². The van der Waals surface area contributed by atoms with E-state index in [4.69, 9.17) is 5.73 Å². The van der Waals surface area contributed by atoms with Gasteiger partial charge in [0.15, 0.2) is 5.82 Å². The third kappa shape index (κ3) is 1.54. The molecule has 0 saturated carbocycles. The molecule has 5 heteroatoms. The maximum absolute atomic E-state index is 13.6. The fourth-order valence-corrected chi connectivity index (χ4v) is 1.66. The molecule has 0 aliphatic carbocycles. The molecule has 0 aliphatic heterocycles. The van der Waals surface area contributed by atoms with Gasteiger partial charge in [-0.1, -0.05) is 0 Å². The Bertz CT molecular complexity index is 546. The first-order valence-electron chi connectivity index (χ1n) is 4.75. The number of rotatable bonds is 1. The molecule has 0 unspecified atom stereocenters. The van der Waals surface area contributed by atoms with Gasteiger partial charge in [-0.25, -0.2) is 8.78 Å². The standard InChI is InChI=1S/C11H11F2N3/c1-6-10(11(14)15-16(6)2)8-5-7(12)3-4-9(8)13/h3-5H,1-2H3,(H2,14,15). The molecule has 0 atom stereocenters. The van der Waals surface area contributed by atoms with Gasteiger partial charge in [-0.05, 0) is 25.1 Å². The van der Waals surface area contributed by atoms with Gasteiger partial charge in [-0.15, -0.1) is 0 Å². The van der Waals surface area contributed by atoms with E-state index < -0.39 is 11.6 Å². The van der Waals surface area contributed by atoms with Gasteiger partial charge < -0.3 is 5.73 Å². The fourth-order valence-electron chi connectivity index (χ4n) is 1.66. The summed E-state index contributed by atoms with van der Waals surface area (Å²) >= 11 is 0. The second-order valence-corrected chi connectivity index (χ2v) is 3.59. The Morgan fingerprint density at radius 2 is 2.00 bits per heavy atom. The lowest BCUT2D eigenvalue weighted by molar-refractivity contribution is 0.603. The Labute approximate surface area is 91.5 Å². The number of aromatic nitrogens is 2. The van der Waals surface area contributed by atoms with Gasteiger partial charge in [-0.2, -0.15) is 5.10 Å². The van der Waals surface area contributed by atoms with Gasteiger partial charge in [0.25, 0.3) is 0 Å². The molecule has 1 aromatic carbocycles. The van der Waals surface area contributed by atoms with Crippen LogP contribution in [0.25, 0.3) is 11.1 Å². The van der Waals surface area contributed by atoms with Crippen LogP contribution in [0.5, 0.6) is 0 Å². The molecule has 0 amide bonds. The van der Waals surface area contributed by atoms with Crippen molar-refractivity contribution < 1.29 is 8.78 Å². The van der Waals surface area contributed by atoms with Crippen molar-refractivity contribution in [2.75, 3.05) is 5.73 Å². The average molecular weight is 223 g/mol. The second kappa shape index (κ2) is 3.59. The van der Waals surface area contributed by atoms with E-state index in [9.17, 15) is 8.78 Å². The SMILES string of the molecule is Cc1c(-c2cc(F)ccc2F)c(N)nn1C. The van der Waals surface area contributed by atoms with Gasteiger partial charge in [0.1, 0.15) is 11.6 Å². The second-order valence-electron chi connectivity index (χ2n) is 3.59. The maximum Gasteiger partial charge on any atom is 0.153 e. The quantitative estimate of drug-likeness (QED) is 0.805. The molecule has 0 fully saturated rings. The van der Waals surface area contributed by atoms with Gasteiger partial charge >= 0.3 is 0 Å². The smallest absolute Gasteiger partial charge is 0.153 e. The number of nitrogens with two attached hydrogens (primary N) is 1. The Morgan fingerprint density at radius 3 is 2.56 bits per heavy atom. The van der Waals surface area contributed by atoms with Crippen LogP contribution in [0.4, 0.5) is 14.6 Å². The predicted octanol–water partition coefficient (Wildman–Crippen LogP) is 2.26. The number of aryl methyl sites for hydroxylation is 1. The van der Waals surface area contributed by atoms with Crippen LogP contribution in [0.2, 0.25) is 0 Å². The predicted molar refractivity (Wildman–Crippen MR) is 57.7 cm³/mol. The number of nitrogen functional groups attached to an aromatic ring is 1. The van der Waals surface area contributed by atoms with Gasteiger partial charge in [-0.3, -0.25) is 4.68 Å². The minimum atomic E-state index is -0.510. The molecule has 0 spiro atoms. The van der Waals surface area contributed by atoms with Crippen molar-refractivity contribution >= 4 is 5.82 Å². The molecule has 1 aromatic heterocycles. The Hall–Kier alpha value is -1.91. The number of hydrogen-bond acceptors (Lipinski definition) is 2. The zero-order chi connectivity index (χ0) is 11.9. The molecule has 2 aromatic rings. The number of nitrogens with zero attached hydrogens (tertiary/aromatic N) is 2. The van der Waals surface area contributed by atoms with Crippen LogP contribution in [0, 0.1) is 18.6 Å². The Kier molecular flexibility index (Phi) is 2.38. The van der Waals surface area contributed by atoms with E-state index in [1.165, 1.54) is 4.68 Å². The monoisotopic (exact) mass is 223 g/mol. The zero-order valence-corrected chi connectivity index (χ0v) is 8.96. The minimum Gasteiger partial charge on any atom is -0.382 e. The first-order chi connectivity index (χ1) is 7.50. The fraction of sp³-hybridized carbons (Fsp3) is 0.182. The number of hydrogen-bond donors (Lipinski definition) is 1. The summed E-state index contributed by atoms with van der Waals surface area (Å²) in [5.41, 5.74) is 6.95. The summed E-state index contributed by atoms with van der Waals surface area (Å²) in [6, 6.07) is 3.27. The number of anilines is 1. The van der Waals surface area contributed by atoms with Gasteiger partial charge in [0.05, 0.1) is 0 Å². The van der Waals surface area contributed by atoms with Gasteiger partial charge in [0.2, 0.25) is 0 Å². The van der Waals surface area contributed by atoms with E-state index in [1.807, 2.05) is 0 Å². The van der Waals surface area contributed by atoms with Crippen LogP contribution < -0.4 is 5.73 Å². The highest BCUT2D eigenvalue weighted by molar-refractivity contribution is 5.76. The first-order valence-corrected chi connectivity index (χ1v) is 4.75. The van der Waals surface area contributed by atoms with E-state index >= 15 is 0 Å². The molecule has 0 radical (unpaired) electrons. The highest BCUT2D eigenvalue weighted by atomic mass is 19.1. The Balaban J connectivity index is 2.71. The molecule has 0 bridgehead atoms. The van der Waals surface area contributed by atoms with Crippen molar-refractivity contribution in [2.24, 2.45) is 7.05 Å². The molecule has 84 valence electrons. The summed E-state index contributed by atoms with van der Waals surface area (Å²) in [6.45, 7) is 1.75. The molecule has 3 nitrogen and oxygen atoms in total. The van der Waals surface area contributed by atoms with Crippen LogP contribution in [0.1, 0.15) is 5.69 Å². The molecular formula is C11H11F2N3. The van der Waals surface area contributed by atoms with Crippen molar-refractivity contribution in [3.63, 3.8) is 0 Å². The van der Waals surface area contributed by atoms with Crippen LogP contribution >= 0.6 is 0 Å². The lowest BCUT2D eigenvalue weighted by Crippen LogP contribution is -1.93. The Morgan fingerprint density at radius 1 is 1.31 bits per heavy atom. The third-order valence-electron chi connectivity index (χ3n) is 2.56. The lowest BCUT2D eigenvalue weighted by Gasteiger charge is -2.03. The van der Waals surface area contributed by atoms with E-state index in [1.54, 1.807) is 14.0 Å². The summed E-state index contributed by atoms with van der Waals surface area (Å²) in [5.74, 6) is -0.812. The maximum atomic E-state index is 13.6. The third-order valence-corrected chi connectivity index (χ3v) is 2.56. The van der Waals surface area contributed by atoms with E-state index in [0.29, 0.717) is 11.3 Å². The lowest BCUT2D eigenvalue weighted by atomic mass is 10.1. The molecule has 2 N–H and O–H groups in total. The topological polar surface area (TPSA) is 43.8 Å². The highest BCUT2D eigenvalue weighted by Gasteiger charge is 2.16. The molecule has 2 rings (SSSR count).